The SMILES string of the molecule is Cl.Fc1ccccc1-c1nnn2c1CO[C@H]1CN(CC3CCOCC3)C[C@@H]12. The van der Waals surface area contributed by atoms with Crippen LogP contribution in [0.1, 0.15) is 24.6 Å². The maximum Gasteiger partial charge on any atom is 0.132 e. The Morgan fingerprint density at radius 1 is 1.15 bits per heavy atom. The zero-order valence-electron chi connectivity index (χ0n) is 15.1. The monoisotopic (exact) mass is 394 g/mol. The van der Waals surface area contributed by atoms with E-state index in [2.05, 4.69) is 15.2 Å². The molecule has 0 aliphatic carbocycles. The zero-order chi connectivity index (χ0) is 17.5. The van der Waals surface area contributed by atoms with Gasteiger partial charge in [-0.25, -0.2) is 9.07 Å². The number of hydrogen-bond acceptors (Lipinski definition) is 5. The van der Waals surface area contributed by atoms with Crippen LogP contribution in [-0.2, 0) is 16.1 Å². The number of aromatic nitrogens is 3. The third-order valence-electron chi connectivity index (χ3n) is 5.84. The summed E-state index contributed by atoms with van der Waals surface area (Å²) in [7, 11) is 0. The Morgan fingerprint density at radius 3 is 2.78 bits per heavy atom. The molecule has 0 bridgehead atoms. The van der Waals surface area contributed by atoms with Gasteiger partial charge < -0.3 is 9.47 Å². The molecule has 0 radical (unpaired) electrons. The second-order valence-corrected chi connectivity index (χ2v) is 7.50. The van der Waals surface area contributed by atoms with E-state index in [1.54, 1.807) is 12.1 Å². The Hall–Kier alpha value is -1.54. The predicted molar refractivity (Wildman–Crippen MR) is 100 cm³/mol. The molecule has 0 amide bonds. The fourth-order valence-electron chi connectivity index (χ4n) is 4.44. The number of hydrogen-bond donors (Lipinski definition) is 0. The van der Waals surface area contributed by atoms with Crippen molar-refractivity contribution in [2.45, 2.75) is 31.6 Å². The minimum atomic E-state index is -0.273. The lowest BCUT2D eigenvalue weighted by atomic mass is 10.00. The summed E-state index contributed by atoms with van der Waals surface area (Å²) < 4.78 is 27.7. The maximum absolute atomic E-state index is 14.2. The average Bonchev–Trinajstić information content (AvgIpc) is 3.26. The second-order valence-electron chi connectivity index (χ2n) is 7.50. The summed E-state index contributed by atoms with van der Waals surface area (Å²) in [6.07, 6.45) is 2.41. The van der Waals surface area contributed by atoms with Gasteiger partial charge in [-0.05, 0) is 30.9 Å². The summed E-state index contributed by atoms with van der Waals surface area (Å²) in [5.74, 6) is 0.429. The van der Waals surface area contributed by atoms with E-state index in [4.69, 9.17) is 9.47 Å². The van der Waals surface area contributed by atoms with E-state index in [0.29, 0.717) is 23.8 Å². The molecular formula is C19H24ClFN4O2. The lowest BCUT2D eigenvalue weighted by Crippen LogP contribution is -2.32. The van der Waals surface area contributed by atoms with E-state index < -0.39 is 0 Å². The molecule has 27 heavy (non-hydrogen) atoms. The Morgan fingerprint density at radius 2 is 1.96 bits per heavy atom. The van der Waals surface area contributed by atoms with Crippen LogP contribution in [0, 0.1) is 11.7 Å². The van der Waals surface area contributed by atoms with Crippen molar-refractivity contribution in [3.05, 3.63) is 35.8 Å². The largest absolute Gasteiger partial charge is 0.381 e. The molecule has 2 atom stereocenters. The Labute approximate surface area is 164 Å². The molecule has 2 fully saturated rings. The van der Waals surface area contributed by atoms with Crippen molar-refractivity contribution in [3.63, 3.8) is 0 Å². The summed E-state index contributed by atoms with van der Waals surface area (Å²) in [6.45, 7) is 5.11. The van der Waals surface area contributed by atoms with Crippen LogP contribution < -0.4 is 0 Å². The van der Waals surface area contributed by atoms with Crippen molar-refractivity contribution in [1.29, 1.82) is 0 Å². The summed E-state index contributed by atoms with van der Waals surface area (Å²) in [4.78, 5) is 2.48. The number of ether oxygens (including phenoxy) is 2. The first-order valence-corrected chi connectivity index (χ1v) is 9.40. The maximum atomic E-state index is 14.2. The van der Waals surface area contributed by atoms with Crippen LogP contribution in [0.3, 0.4) is 0 Å². The first-order chi connectivity index (χ1) is 12.8. The van der Waals surface area contributed by atoms with Gasteiger partial charge in [-0.2, -0.15) is 0 Å². The van der Waals surface area contributed by atoms with Gasteiger partial charge >= 0.3 is 0 Å². The van der Waals surface area contributed by atoms with Gasteiger partial charge in [-0.1, -0.05) is 17.3 Å². The van der Waals surface area contributed by atoms with Gasteiger partial charge in [0.05, 0.1) is 24.4 Å². The molecule has 1 aromatic carbocycles. The molecule has 0 saturated carbocycles. The molecule has 1 aromatic heterocycles. The number of likely N-dealkylation sites (tertiary alicyclic amines) is 1. The third kappa shape index (κ3) is 3.49. The van der Waals surface area contributed by atoms with Crippen molar-refractivity contribution in [2.75, 3.05) is 32.8 Å². The number of benzene rings is 1. The lowest BCUT2D eigenvalue weighted by molar-refractivity contribution is -0.00572. The highest BCUT2D eigenvalue weighted by atomic mass is 35.5. The predicted octanol–water partition coefficient (Wildman–Crippen LogP) is 2.69. The van der Waals surface area contributed by atoms with Crippen molar-refractivity contribution in [3.8, 4) is 11.3 Å². The molecular weight excluding hydrogens is 371 g/mol. The average molecular weight is 395 g/mol. The molecule has 4 heterocycles. The van der Waals surface area contributed by atoms with E-state index >= 15 is 0 Å². The fraction of sp³-hybridized carbons (Fsp3) is 0.579. The summed E-state index contributed by atoms with van der Waals surface area (Å²) in [5.41, 5.74) is 1.97. The molecule has 5 rings (SSSR count). The van der Waals surface area contributed by atoms with E-state index in [-0.39, 0.29) is 30.4 Å². The van der Waals surface area contributed by atoms with Gasteiger partial charge in [0.15, 0.2) is 0 Å². The zero-order valence-corrected chi connectivity index (χ0v) is 15.9. The lowest BCUT2D eigenvalue weighted by Gasteiger charge is -2.26. The van der Waals surface area contributed by atoms with Crippen molar-refractivity contribution in [2.24, 2.45) is 5.92 Å². The molecule has 3 aliphatic heterocycles. The van der Waals surface area contributed by atoms with E-state index in [0.717, 1.165) is 51.4 Å². The summed E-state index contributed by atoms with van der Waals surface area (Å²) in [6, 6.07) is 6.87. The van der Waals surface area contributed by atoms with Gasteiger partial charge in [0.1, 0.15) is 11.5 Å². The normalized spacial score (nSPS) is 25.7. The summed E-state index contributed by atoms with van der Waals surface area (Å²) in [5, 5.41) is 8.66. The van der Waals surface area contributed by atoms with Crippen molar-refractivity contribution < 1.29 is 13.9 Å². The fourth-order valence-corrected chi connectivity index (χ4v) is 4.44. The van der Waals surface area contributed by atoms with Crippen LogP contribution in [0.5, 0.6) is 0 Å². The van der Waals surface area contributed by atoms with Crippen LogP contribution in [0.4, 0.5) is 4.39 Å². The molecule has 146 valence electrons. The minimum Gasteiger partial charge on any atom is -0.381 e. The Bertz CT molecular complexity index is 796. The quantitative estimate of drug-likeness (QED) is 0.801. The molecule has 2 aromatic rings. The smallest absolute Gasteiger partial charge is 0.132 e. The first kappa shape index (κ1) is 18.8. The topological polar surface area (TPSA) is 52.4 Å². The third-order valence-corrected chi connectivity index (χ3v) is 5.84. The van der Waals surface area contributed by atoms with Gasteiger partial charge in [0.25, 0.3) is 0 Å². The minimum absolute atomic E-state index is 0. The van der Waals surface area contributed by atoms with Gasteiger partial charge in [-0.3, -0.25) is 4.90 Å². The second kappa shape index (κ2) is 7.83. The highest BCUT2D eigenvalue weighted by Crippen LogP contribution is 2.35. The Kier molecular flexibility index (Phi) is 5.45. The van der Waals surface area contributed by atoms with Crippen LogP contribution in [0.2, 0.25) is 0 Å². The van der Waals surface area contributed by atoms with Gasteiger partial charge in [0.2, 0.25) is 0 Å². The van der Waals surface area contributed by atoms with Crippen LogP contribution in [0.25, 0.3) is 11.3 Å². The van der Waals surface area contributed by atoms with Crippen LogP contribution >= 0.6 is 12.4 Å². The highest BCUT2D eigenvalue weighted by molar-refractivity contribution is 5.85. The molecule has 2 saturated heterocycles. The molecule has 6 nitrogen and oxygen atoms in total. The molecule has 0 N–H and O–H groups in total. The van der Waals surface area contributed by atoms with Gasteiger partial charge in [0, 0.05) is 38.4 Å². The highest BCUT2D eigenvalue weighted by Gasteiger charge is 2.41. The van der Waals surface area contributed by atoms with E-state index in [9.17, 15) is 4.39 Å². The molecule has 8 heteroatoms. The number of halogens is 2. The number of fused-ring (bicyclic) bond motifs is 3. The van der Waals surface area contributed by atoms with Crippen molar-refractivity contribution in [1.82, 2.24) is 19.9 Å². The standard InChI is InChI=1S/C19H23FN4O2.ClH/c20-15-4-2-1-3-14(15)19-17-12-26-18-11-23(9-13-5-7-25-8-6-13)10-16(18)24(17)22-21-19;/h1-4,13,16,18H,5-12H2;1H/t16-,18-;/m0./s1. The number of nitrogens with zero attached hydrogens (tertiary/aromatic N) is 4. The van der Waals surface area contributed by atoms with E-state index in [1.165, 1.54) is 6.07 Å². The van der Waals surface area contributed by atoms with Gasteiger partial charge in [-0.15, -0.1) is 17.5 Å². The number of rotatable bonds is 3. The van der Waals surface area contributed by atoms with E-state index in [1.807, 2.05) is 10.7 Å². The molecule has 3 aliphatic rings. The molecule has 0 spiro atoms. The van der Waals surface area contributed by atoms with Crippen LogP contribution in [0.15, 0.2) is 24.3 Å². The van der Waals surface area contributed by atoms with Crippen molar-refractivity contribution >= 4 is 12.4 Å². The molecule has 0 unspecified atom stereocenters. The van der Waals surface area contributed by atoms with Crippen LogP contribution in [-0.4, -0.2) is 58.8 Å². The first-order valence-electron chi connectivity index (χ1n) is 9.40. The summed E-state index contributed by atoms with van der Waals surface area (Å²) >= 11 is 0. The Balaban J connectivity index is 0.00000180.